The Morgan fingerprint density at radius 2 is 1.70 bits per heavy atom. The van der Waals surface area contributed by atoms with Crippen LogP contribution in [0.5, 0.6) is 5.75 Å². The number of thiazole rings is 1. The first kappa shape index (κ1) is 19.1. The predicted molar refractivity (Wildman–Crippen MR) is 125 cm³/mol. The van der Waals surface area contributed by atoms with E-state index in [0.29, 0.717) is 5.75 Å². The van der Waals surface area contributed by atoms with Crippen LogP contribution in [0.3, 0.4) is 0 Å². The fraction of sp³-hybridized carbons (Fsp3) is 0.240. The van der Waals surface area contributed by atoms with Gasteiger partial charge in [-0.05, 0) is 48.9 Å². The van der Waals surface area contributed by atoms with Crippen LogP contribution in [-0.4, -0.2) is 41.2 Å². The maximum atomic E-state index is 10.5. The fourth-order valence-corrected chi connectivity index (χ4v) is 5.11. The largest absolute Gasteiger partial charge is 0.508 e. The highest BCUT2D eigenvalue weighted by Crippen LogP contribution is 2.33. The second kappa shape index (κ2) is 8.09. The molecule has 152 valence electrons. The molecule has 4 nitrogen and oxygen atoms in total. The van der Waals surface area contributed by atoms with Gasteiger partial charge in [0.15, 0.2) is 0 Å². The van der Waals surface area contributed by atoms with Gasteiger partial charge in [-0.2, -0.15) is 0 Å². The van der Waals surface area contributed by atoms with Crippen LogP contribution in [0.25, 0.3) is 20.8 Å². The van der Waals surface area contributed by atoms with Gasteiger partial charge in [0.1, 0.15) is 10.8 Å². The van der Waals surface area contributed by atoms with Crippen LogP contribution < -0.4 is 4.90 Å². The lowest BCUT2D eigenvalue weighted by molar-refractivity contribution is 0.246. The normalized spacial score (nSPS) is 15.0. The van der Waals surface area contributed by atoms with E-state index in [4.69, 9.17) is 4.98 Å². The van der Waals surface area contributed by atoms with Crippen molar-refractivity contribution in [2.45, 2.75) is 13.5 Å². The molecule has 0 bridgehead atoms. The van der Waals surface area contributed by atoms with Gasteiger partial charge in [0.25, 0.3) is 0 Å². The molecule has 5 rings (SSSR count). The number of rotatable bonds is 4. The van der Waals surface area contributed by atoms with Gasteiger partial charge < -0.3 is 10.0 Å². The number of phenols is 1. The minimum atomic E-state index is 0.362. The minimum Gasteiger partial charge on any atom is -0.508 e. The number of hydrogen-bond acceptors (Lipinski definition) is 5. The lowest BCUT2D eigenvalue weighted by Gasteiger charge is -2.37. The number of para-hydroxylation sites is 2. The molecule has 4 aromatic rings. The molecule has 0 atom stereocenters. The first-order chi connectivity index (χ1) is 14.7. The van der Waals surface area contributed by atoms with E-state index in [1.165, 1.54) is 16.0 Å². The molecule has 1 saturated heterocycles. The van der Waals surface area contributed by atoms with Crippen molar-refractivity contribution in [3.8, 4) is 16.3 Å². The van der Waals surface area contributed by atoms with Gasteiger partial charge in [-0.15, -0.1) is 11.3 Å². The van der Waals surface area contributed by atoms with Crippen molar-refractivity contribution in [2.24, 2.45) is 0 Å². The van der Waals surface area contributed by atoms with Crippen molar-refractivity contribution >= 4 is 27.2 Å². The lowest BCUT2D eigenvalue weighted by atomic mass is 10.1. The molecular formula is C25H25N3OS. The average molecular weight is 416 g/mol. The highest BCUT2D eigenvalue weighted by Gasteiger charge is 2.19. The van der Waals surface area contributed by atoms with E-state index in [2.05, 4.69) is 53.1 Å². The number of phenolic OH excluding ortho intramolecular Hbond substituents is 1. The molecule has 0 spiro atoms. The summed E-state index contributed by atoms with van der Waals surface area (Å²) in [5, 5.41) is 11.5. The first-order valence-electron chi connectivity index (χ1n) is 10.4. The number of aryl methyl sites for hydroxylation is 1. The molecule has 1 N–H and O–H groups in total. The van der Waals surface area contributed by atoms with Crippen LogP contribution in [0.2, 0.25) is 0 Å². The summed E-state index contributed by atoms with van der Waals surface area (Å²) in [4.78, 5) is 9.65. The zero-order chi connectivity index (χ0) is 20.5. The van der Waals surface area contributed by atoms with E-state index in [1.807, 2.05) is 24.3 Å². The van der Waals surface area contributed by atoms with Crippen LogP contribution in [-0.2, 0) is 6.54 Å². The van der Waals surface area contributed by atoms with Crippen molar-refractivity contribution in [3.05, 3.63) is 77.9 Å². The van der Waals surface area contributed by atoms with Crippen molar-refractivity contribution in [1.82, 2.24) is 9.88 Å². The van der Waals surface area contributed by atoms with Gasteiger partial charge in [0.05, 0.1) is 10.2 Å². The third-order valence-corrected chi connectivity index (χ3v) is 6.93. The molecule has 1 aliphatic heterocycles. The summed E-state index contributed by atoms with van der Waals surface area (Å²) in [6, 6.07) is 22.7. The smallest absolute Gasteiger partial charge is 0.124 e. The monoisotopic (exact) mass is 415 g/mol. The van der Waals surface area contributed by atoms with Crippen LogP contribution in [0.1, 0.15) is 11.1 Å². The van der Waals surface area contributed by atoms with Gasteiger partial charge in [0, 0.05) is 49.5 Å². The summed E-state index contributed by atoms with van der Waals surface area (Å²) in [6.07, 6.45) is 0. The number of benzene rings is 3. The Bertz CT molecular complexity index is 1140. The molecule has 1 aliphatic rings. The minimum absolute atomic E-state index is 0.362. The summed E-state index contributed by atoms with van der Waals surface area (Å²) in [7, 11) is 0. The van der Waals surface area contributed by atoms with Gasteiger partial charge in [-0.25, -0.2) is 4.98 Å². The molecule has 2 heterocycles. The van der Waals surface area contributed by atoms with E-state index in [-0.39, 0.29) is 0 Å². The molecule has 0 radical (unpaired) electrons. The average Bonchev–Trinajstić information content (AvgIpc) is 3.21. The van der Waals surface area contributed by atoms with Crippen LogP contribution in [0.4, 0.5) is 5.69 Å². The summed E-state index contributed by atoms with van der Waals surface area (Å²) in [5.74, 6) is 0.362. The standard InChI is InChI=1S/C25H25N3OS/c1-18-6-2-4-8-22(18)28-14-12-27(13-15-28)17-20-16-19(10-11-23(20)29)25-26-21-7-3-5-9-24(21)30-25/h2-11,16,29H,12-15,17H2,1H3. The third kappa shape index (κ3) is 3.78. The van der Waals surface area contributed by atoms with E-state index in [9.17, 15) is 5.11 Å². The Balaban J connectivity index is 1.31. The van der Waals surface area contributed by atoms with Crippen LogP contribution in [0, 0.1) is 6.92 Å². The number of fused-ring (bicyclic) bond motifs is 1. The number of anilines is 1. The number of aromatic hydroxyl groups is 1. The summed E-state index contributed by atoms with van der Waals surface area (Å²) < 4.78 is 1.19. The Morgan fingerprint density at radius 1 is 0.933 bits per heavy atom. The molecule has 0 amide bonds. The van der Waals surface area contributed by atoms with Gasteiger partial charge in [0.2, 0.25) is 0 Å². The Kier molecular flexibility index (Phi) is 5.15. The molecule has 0 saturated carbocycles. The maximum absolute atomic E-state index is 10.5. The molecule has 1 aromatic heterocycles. The van der Waals surface area contributed by atoms with Gasteiger partial charge in [-0.3, -0.25) is 4.90 Å². The van der Waals surface area contributed by atoms with E-state index < -0.39 is 0 Å². The first-order valence-corrected chi connectivity index (χ1v) is 11.2. The zero-order valence-corrected chi connectivity index (χ0v) is 17.9. The molecule has 0 unspecified atom stereocenters. The van der Waals surface area contributed by atoms with E-state index in [1.54, 1.807) is 17.4 Å². The molecule has 5 heteroatoms. The van der Waals surface area contributed by atoms with Crippen molar-refractivity contribution in [1.29, 1.82) is 0 Å². The Morgan fingerprint density at radius 3 is 2.50 bits per heavy atom. The summed E-state index contributed by atoms with van der Waals surface area (Å²) >= 11 is 1.70. The lowest BCUT2D eigenvalue weighted by Crippen LogP contribution is -2.46. The molecule has 3 aromatic carbocycles. The van der Waals surface area contributed by atoms with Crippen molar-refractivity contribution in [3.63, 3.8) is 0 Å². The second-order valence-electron chi connectivity index (χ2n) is 7.88. The summed E-state index contributed by atoms with van der Waals surface area (Å²) in [6.45, 7) is 6.91. The number of piperazine rings is 1. The van der Waals surface area contributed by atoms with E-state index >= 15 is 0 Å². The van der Waals surface area contributed by atoms with Gasteiger partial charge >= 0.3 is 0 Å². The molecule has 1 fully saturated rings. The van der Waals surface area contributed by atoms with Crippen LogP contribution >= 0.6 is 11.3 Å². The predicted octanol–water partition coefficient (Wildman–Crippen LogP) is 5.30. The Hall–Kier alpha value is -2.89. The topological polar surface area (TPSA) is 39.6 Å². The number of nitrogens with zero attached hydrogens (tertiary/aromatic N) is 3. The molecule has 0 aliphatic carbocycles. The Labute approximate surface area is 181 Å². The maximum Gasteiger partial charge on any atom is 0.124 e. The van der Waals surface area contributed by atoms with Crippen molar-refractivity contribution in [2.75, 3.05) is 31.1 Å². The third-order valence-electron chi connectivity index (χ3n) is 5.84. The summed E-state index contributed by atoms with van der Waals surface area (Å²) in [5.41, 5.74) is 5.73. The zero-order valence-electron chi connectivity index (χ0n) is 17.1. The SMILES string of the molecule is Cc1ccccc1N1CCN(Cc2cc(-c3nc4ccccc4s3)ccc2O)CC1. The van der Waals surface area contributed by atoms with E-state index in [0.717, 1.165) is 54.4 Å². The van der Waals surface area contributed by atoms with Crippen molar-refractivity contribution < 1.29 is 5.11 Å². The van der Waals surface area contributed by atoms with Crippen LogP contribution in [0.15, 0.2) is 66.7 Å². The highest BCUT2D eigenvalue weighted by atomic mass is 32.1. The van der Waals surface area contributed by atoms with Gasteiger partial charge in [-0.1, -0.05) is 30.3 Å². The fourth-order valence-electron chi connectivity index (χ4n) is 4.15. The molecular weight excluding hydrogens is 390 g/mol. The highest BCUT2D eigenvalue weighted by molar-refractivity contribution is 7.21. The number of aromatic nitrogens is 1. The quantitative estimate of drug-likeness (QED) is 0.491. The molecule has 30 heavy (non-hydrogen) atoms. The second-order valence-corrected chi connectivity index (χ2v) is 8.91. The number of hydrogen-bond donors (Lipinski definition) is 1.